The van der Waals surface area contributed by atoms with Crippen LogP contribution in [0.4, 0.5) is 0 Å². The summed E-state index contributed by atoms with van der Waals surface area (Å²) in [6.45, 7) is 0.536. The van der Waals surface area contributed by atoms with Gasteiger partial charge in [0, 0.05) is 37.1 Å². The second kappa shape index (κ2) is 6.77. The van der Waals surface area contributed by atoms with Gasteiger partial charge in [-0.25, -0.2) is 5.14 Å². The van der Waals surface area contributed by atoms with Crippen molar-refractivity contribution in [1.82, 2.24) is 14.2 Å². The number of nitrogens with two attached hydrogens (primary N) is 1. The molecule has 1 aromatic heterocycles. The Labute approximate surface area is 155 Å². The molecule has 1 amide bonds. The van der Waals surface area contributed by atoms with Crippen LogP contribution in [-0.4, -0.2) is 42.3 Å². The largest absolute Gasteiger partial charge is 0.347 e. The first-order valence-corrected chi connectivity index (χ1v) is 9.96. The number of carbonyl (C=O) groups is 1. The Bertz CT molecular complexity index is 942. The smallest absolute Gasteiger partial charge is 0.276 e. The zero-order valence-corrected chi connectivity index (χ0v) is 15.8. The minimum Gasteiger partial charge on any atom is -0.347 e. The first-order valence-electron chi connectivity index (χ1n) is 7.70. The number of aryl methyl sites for hydroxylation is 1. The van der Waals surface area contributed by atoms with Crippen LogP contribution in [-0.2, 0) is 17.3 Å². The van der Waals surface area contributed by atoms with E-state index in [1.807, 2.05) is 0 Å². The summed E-state index contributed by atoms with van der Waals surface area (Å²) < 4.78 is 25.9. The predicted octanol–water partition coefficient (Wildman–Crippen LogP) is 1.88. The molecule has 1 aliphatic rings. The molecule has 136 valence electrons. The maximum atomic E-state index is 12.6. The van der Waals surface area contributed by atoms with Crippen molar-refractivity contribution in [1.29, 1.82) is 0 Å². The number of fused-ring (bicyclic) bond motifs is 1. The number of halogens is 2. The Hall–Kier alpha value is -1.32. The lowest BCUT2D eigenvalue weighted by molar-refractivity contribution is 0.0913. The van der Waals surface area contributed by atoms with Crippen molar-refractivity contribution in [2.45, 2.75) is 18.9 Å². The maximum absolute atomic E-state index is 12.6. The molecule has 10 heteroatoms. The summed E-state index contributed by atoms with van der Waals surface area (Å²) in [5, 5.41) is 9.56. The van der Waals surface area contributed by atoms with Gasteiger partial charge in [0.05, 0.1) is 10.0 Å². The van der Waals surface area contributed by atoms with Crippen molar-refractivity contribution in [2.75, 3.05) is 13.1 Å². The number of hydrogen-bond acceptors (Lipinski definition) is 3. The number of benzene rings is 1. The van der Waals surface area contributed by atoms with Crippen LogP contribution in [0, 0.1) is 0 Å². The average molecular weight is 405 g/mol. The van der Waals surface area contributed by atoms with Gasteiger partial charge in [0.25, 0.3) is 16.1 Å². The summed E-state index contributed by atoms with van der Waals surface area (Å²) in [5.74, 6) is -0.299. The van der Waals surface area contributed by atoms with Gasteiger partial charge in [0.15, 0.2) is 0 Å². The van der Waals surface area contributed by atoms with E-state index in [0.29, 0.717) is 40.5 Å². The van der Waals surface area contributed by atoms with Gasteiger partial charge in [-0.15, -0.1) is 0 Å². The molecule has 0 spiro atoms. The Morgan fingerprint density at radius 2 is 2.08 bits per heavy atom. The molecule has 3 N–H and O–H groups in total. The molecule has 3 rings (SSSR count). The molecule has 2 aromatic rings. The molecule has 0 bridgehead atoms. The number of nitrogens with one attached hydrogen (secondary N) is 1. The van der Waals surface area contributed by atoms with E-state index in [-0.39, 0.29) is 18.5 Å². The molecule has 2 heterocycles. The SMILES string of the molecule is Cn1c(C(=O)NC2CCCN(S(N)(=O)=O)C2)cc2c(Cl)c(Cl)ccc21. The highest BCUT2D eigenvalue weighted by atomic mass is 35.5. The third-order valence-corrected chi connectivity index (χ3v) is 6.30. The lowest BCUT2D eigenvalue weighted by atomic mass is 10.1. The van der Waals surface area contributed by atoms with Crippen LogP contribution in [0.25, 0.3) is 10.9 Å². The summed E-state index contributed by atoms with van der Waals surface area (Å²) in [4.78, 5) is 12.6. The summed E-state index contributed by atoms with van der Waals surface area (Å²) in [5.41, 5.74) is 1.21. The van der Waals surface area contributed by atoms with E-state index in [9.17, 15) is 13.2 Å². The van der Waals surface area contributed by atoms with E-state index in [1.54, 1.807) is 29.8 Å². The van der Waals surface area contributed by atoms with Crippen molar-refractivity contribution < 1.29 is 13.2 Å². The molecule has 25 heavy (non-hydrogen) atoms. The summed E-state index contributed by atoms with van der Waals surface area (Å²) >= 11 is 12.2. The number of carbonyl (C=O) groups excluding carboxylic acids is 1. The lowest BCUT2D eigenvalue weighted by Gasteiger charge is -2.30. The Balaban J connectivity index is 1.83. The van der Waals surface area contributed by atoms with Gasteiger partial charge in [-0.05, 0) is 31.0 Å². The zero-order valence-electron chi connectivity index (χ0n) is 13.5. The molecule has 1 aliphatic heterocycles. The van der Waals surface area contributed by atoms with Crippen LogP contribution in [0.15, 0.2) is 18.2 Å². The van der Waals surface area contributed by atoms with Crippen molar-refractivity contribution >= 4 is 50.2 Å². The Kier molecular flexibility index (Phi) is 5.00. The third-order valence-electron chi connectivity index (χ3n) is 4.43. The fourth-order valence-corrected chi connectivity index (χ4v) is 4.27. The van der Waals surface area contributed by atoms with Gasteiger partial charge < -0.3 is 9.88 Å². The highest BCUT2D eigenvalue weighted by Crippen LogP contribution is 2.32. The number of hydrogen-bond donors (Lipinski definition) is 2. The molecule has 1 atom stereocenters. The zero-order chi connectivity index (χ0) is 18.4. The fraction of sp³-hybridized carbons (Fsp3) is 0.400. The van der Waals surface area contributed by atoms with Gasteiger partial charge in [-0.3, -0.25) is 4.79 Å². The van der Waals surface area contributed by atoms with Gasteiger partial charge >= 0.3 is 0 Å². The van der Waals surface area contributed by atoms with Gasteiger partial charge in [0.2, 0.25) is 0 Å². The van der Waals surface area contributed by atoms with E-state index >= 15 is 0 Å². The number of aromatic nitrogens is 1. The van der Waals surface area contributed by atoms with E-state index in [0.717, 1.165) is 5.52 Å². The van der Waals surface area contributed by atoms with Gasteiger partial charge in [-0.2, -0.15) is 12.7 Å². The standard InChI is InChI=1S/C15H18Cl2N4O3S/c1-20-12-5-4-11(16)14(17)10(12)7-13(20)15(22)19-9-3-2-6-21(8-9)25(18,23)24/h4-5,7,9H,2-3,6,8H2,1H3,(H,19,22)(H2,18,23,24). The van der Waals surface area contributed by atoms with Gasteiger partial charge in [0.1, 0.15) is 5.69 Å². The normalized spacial score (nSPS) is 19.3. The topological polar surface area (TPSA) is 97.4 Å². The second-order valence-corrected chi connectivity index (χ2v) is 8.43. The minimum atomic E-state index is -3.75. The maximum Gasteiger partial charge on any atom is 0.276 e. The van der Waals surface area contributed by atoms with Crippen LogP contribution in [0.5, 0.6) is 0 Å². The van der Waals surface area contributed by atoms with Crippen LogP contribution in [0.3, 0.4) is 0 Å². The van der Waals surface area contributed by atoms with Crippen LogP contribution in [0.1, 0.15) is 23.3 Å². The molecule has 1 aromatic carbocycles. The van der Waals surface area contributed by atoms with Crippen molar-refractivity contribution in [3.05, 3.63) is 33.9 Å². The average Bonchev–Trinajstić information content (AvgIpc) is 2.88. The molecule has 7 nitrogen and oxygen atoms in total. The summed E-state index contributed by atoms with van der Waals surface area (Å²) in [7, 11) is -1.99. The molecule has 0 saturated carbocycles. The summed E-state index contributed by atoms with van der Waals surface area (Å²) in [6.07, 6.45) is 1.33. The van der Waals surface area contributed by atoms with Crippen LogP contribution < -0.4 is 10.5 Å². The monoisotopic (exact) mass is 404 g/mol. The van der Waals surface area contributed by atoms with Crippen LogP contribution >= 0.6 is 23.2 Å². The number of piperidine rings is 1. The molecule has 1 saturated heterocycles. The summed E-state index contributed by atoms with van der Waals surface area (Å²) in [6, 6.07) is 4.86. The number of amides is 1. The highest BCUT2D eigenvalue weighted by Gasteiger charge is 2.28. The number of rotatable bonds is 3. The number of nitrogens with zero attached hydrogens (tertiary/aromatic N) is 2. The van der Waals surface area contributed by atoms with E-state index < -0.39 is 10.2 Å². The fourth-order valence-electron chi connectivity index (χ4n) is 3.12. The quantitative estimate of drug-likeness (QED) is 0.816. The molecular weight excluding hydrogens is 387 g/mol. The highest BCUT2D eigenvalue weighted by molar-refractivity contribution is 7.86. The first kappa shape index (κ1) is 18.5. The molecule has 1 unspecified atom stereocenters. The molecule has 1 fully saturated rings. The predicted molar refractivity (Wildman–Crippen MR) is 98.1 cm³/mol. The van der Waals surface area contributed by atoms with E-state index in [1.165, 1.54) is 4.31 Å². The second-order valence-electron chi connectivity index (χ2n) is 6.10. The third kappa shape index (κ3) is 3.63. The van der Waals surface area contributed by atoms with Crippen molar-refractivity contribution in [2.24, 2.45) is 12.2 Å². The van der Waals surface area contributed by atoms with E-state index in [2.05, 4.69) is 5.32 Å². The molecular formula is C15H18Cl2N4O3S. The first-order chi connectivity index (χ1) is 11.7. The van der Waals surface area contributed by atoms with E-state index in [4.69, 9.17) is 28.3 Å². The Morgan fingerprint density at radius 1 is 1.36 bits per heavy atom. The lowest BCUT2D eigenvalue weighted by Crippen LogP contribution is -2.51. The Morgan fingerprint density at radius 3 is 2.76 bits per heavy atom. The minimum absolute atomic E-state index is 0.168. The molecule has 0 aliphatic carbocycles. The van der Waals surface area contributed by atoms with Crippen molar-refractivity contribution in [3.8, 4) is 0 Å². The van der Waals surface area contributed by atoms with Crippen molar-refractivity contribution in [3.63, 3.8) is 0 Å². The van der Waals surface area contributed by atoms with Crippen LogP contribution in [0.2, 0.25) is 10.0 Å². The molecule has 0 radical (unpaired) electrons. The van der Waals surface area contributed by atoms with Gasteiger partial charge in [-0.1, -0.05) is 23.2 Å².